The molecule has 25 heavy (non-hydrogen) atoms. The third-order valence-electron chi connectivity index (χ3n) is 6.44. The Bertz CT molecular complexity index is 619. The minimum absolute atomic E-state index is 0.0794. The minimum Gasteiger partial charge on any atom is -0.459 e. The molecule has 4 bridgehead atoms. The van der Waals surface area contributed by atoms with Gasteiger partial charge in [-0.05, 0) is 68.8 Å². The molecule has 0 heterocycles. The van der Waals surface area contributed by atoms with Gasteiger partial charge in [0.1, 0.15) is 12.6 Å². The van der Waals surface area contributed by atoms with E-state index in [0.717, 1.165) is 42.6 Å². The van der Waals surface area contributed by atoms with Gasteiger partial charge in [-0.1, -0.05) is 30.3 Å². The molecule has 0 saturated heterocycles. The number of hydrogen-bond acceptors (Lipinski definition) is 3. The first-order valence-electron chi connectivity index (χ1n) is 9.55. The van der Waals surface area contributed by atoms with Crippen molar-refractivity contribution in [3.8, 4) is 0 Å². The Morgan fingerprint density at radius 1 is 1.08 bits per heavy atom. The molecule has 1 N–H and O–H groups in total. The zero-order valence-electron chi connectivity index (χ0n) is 14.9. The lowest BCUT2D eigenvalue weighted by Crippen LogP contribution is -2.55. The monoisotopic (exact) mass is 341 g/mol. The van der Waals surface area contributed by atoms with Crippen LogP contribution in [-0.2, 0) is 20.9 Å². The van der Waals surface area contributed by atoms with E-state index in [9.17, 15) is 9.59 Å². The fraction of sp³-hybridized carbons (Fsp3) is 0.619. The molecule has 1 atom stereocenters. The first-order chi connectivity index (χ1) is 12.0. The molecule has 4 aliphatic carbocycles. The summed E-state index contributed by atoms with van der Waals surface area (Å²) in [6.07, 6.45) is 6.95. The lowest BCUT2D eigenvalue weighted by atomic mass is 9.49. The van der Waals surface area contributed by atoms with E-state index in [1.54, 1.807) is 6.92 Å². The first kappa shape index (κ1) is 16.6. The molecular formula is C21H27NO3. The van der Waals surface area contributed by atoms with E-state index in [-0.39, 0.29) is 23.9 Å². The molecule has 4 nitrogen and oxygen atoms in total. The first-order valence-corrected chi connectivity index (χ1v) is 9.55. The van der Waals surface area contributed by atoms with Gasteiger partial charge in [0.15, 0.2) is 0 Å². The Hall–Kier alpha value is -1.84. The van der Waals surface area contributed by atoms with Crippen LogP contribution < -0.4 is 5.32 Å². The van der Waals surface area contributed by atoms with Crippen LogP contribution >= 0.6 is 0 Å². The summed E-state index contributed by atoms with van der Waals surface area (Å²) in [6.45, 7) is 1.98. The van der Waals surface area contributed by atoms with Crippen LogP contribution in [0.25, 0.3) is 0 Å². The number of benzene rings is 1. The molecule has 0 aromatic heterocycles. The van der Waals surface area contributed by atoms with Crippen molar-refractivity contribution in [1.82, 2.24) is 5.32 Å². The van der Waals surface area contributed by atoms with Gasteiger partial charge in [-0.15, -0.1) is 0 Å². The molecule has 0 aliphatic heterocycles. The normalized spacial score (nSPS) is 33.7. The molecule has 4 saturated carbocycles. The zero-order valence-corrected chi connectivity index (χ0v) is 14.9. The lowest BCUT2D eigenvalue weighted by molar-refractivity contribution is -0.154. The Morgan fingerprint density at radius 3 is 2.20 bits per heavy atom. The van der Waals surface area contributed by atoms with E-state index < -0.39 is 6.04 Å². The van der Waals surface area contributed by atoms with Crippen molar-refractivity contribution in [2.24, 2.45) is 23.2 Å². The van der Waals surface area contributed by atoms with E-state index >= 15 is 0 Å². The number of carbonyl (C=O) groups is 2. The summed E-state index contributed by atoms with van der Waals surface area (Å²) < 4.78 is 5.36. The summed E-state index contributed by atoms with van der Waals surface area (Å²) >= 11 is 0. The summed E-state index contributed by atoms with van der Waals surface area (Å²) in [5, 5.41) is 2.96. The Kier molecular flexibility index (Phi) is 4.30. The lowest BCUT2D eigenvalue weighted by Gasteiger charge is -2.55. The van der Waals surface area contributed by atoms with Crippen molar-refractivity contribution in [3.63, 3.8) is 0 Å². The average Bonchev–Trinajstić information content (AvgIpc) is 2.59. The number of carbonyl (C=O) groups excluding carboxylic acids is 2. The van der Waals surface area contributed by atoms with Crippen molar-refractivity contribution in [2.45, 2.75) is 58.1 Å². The van der Waals surface area contributed by atoms with Gasteiger partial charge in [-0.25, -0.2) is 4.79 Å². The maximum Gasteiger partial charge on any atom is 0.328 e. The SMILES string of the molecule is C[C@H](NC(=O)C12CC3CC(CC(C3)C1)C2)C(=O)OCc1ccccc1. The fourth-order valence-corrected chi connectivity index (χ4v) is 5.65. The highest BCUT2D eigenvalue weighted by molar-refractivity contribution is 5.88. The molecule has 4 heteroatoms. The molecule has 0 radical (unpaired) electrons. The molecule has 1 aromatic carbocycles. The number of rotatable bonds is 5. The molecule has 1 aromatic rings. The van der Waals surface area contributed by atoms with Gasteiger partial charge < -0.3 is 10.1 Å². The van der Waals surface area contributed by atoms with Crippen LogP contribution in [-0.4, -0.2) is 17.9 Å². The van der Waals surface area contributed by atoms with Crippen LogP contribution in [0.1, 0.15) is 51.0 Å². The number of hydrogen-bond donors (Lipinski definition) is 1. The average molecular weight is 341 g/mol. The molecule has 4 aliphatic rings. The highest BCUT2D eigenvalue weighted by Gasteiger charge is 2.54. The third-order valence-corrected chi connectivity index (χ3v) is 6.44. The quantitative estimate of drug-likeness (QED) is 0.835. The summed E-state index contributed by atoms with van der Waals surface area (Å²) in [7, 11) is 0. The third kappa shape index (κ3) is 3.31. The van der Waals surface area contributed by atoms with Crippen LogP contribution in [0.15, 0.2) is 30.3 Å². The summed E-state index contributed by atoms with van der Waals surface area (Å²) in [5.41, 5.74) is 0.735. The van der Waals surface area contributed by atoms with Crippen molar-refractivity contribution in [1.29, 1.82) is 0 Å². The van der Waals surface area contributed by atoms with E-state index in [4.69, 9.17) is 4.74 Å². The molecule has 1 amide bonds. The number of ether oxygens (including phenoxy) is 1. The predicted molar refractivity (Wildman–Crippen MR) is 94.4 cm³/mol. The maximum atomic E-state index is 13.0. The summed E-state index contributed by atoms with van der Waals surface area (Å²) in [4.78, 5) is 25.2. The van der Waals surface area contributed by atoms with E-state index in [2.05, 4.69) is 5.32 Å². The highest BCUT2D eigenvalue weighted by Crippen LogP contribution is 2.60. The Morgan fingerprint density at radius 2 is 1.64 bits per heavy atom. The van der Waals surface area contributed by atoms with Crippen molar-refractivity contribution in [3.05, 3.63) is 35.9 Å². The van der Waals surface area contributed by atoms with Gasteiger partial charge in [-0.2, -0.15) is 0 Å². The van der Waals surface area contributed by atoms with Crippen molar-refractivity contribution >= 4 is 11.9 Å². The van der Waals surface area contributed by atoms with Gasteiger partial charge in [0.2, 0.25) is 5.91 Å². The number of esters is 1. The fourth-order valence-electron chi connectivity index (χ4n) is 5.65. The van der Waals surface area contributed by atoms with Crippen LogP contribution in [0.4, 0.5) is 0 Å². The van der Waals surface area contributed by atoms with Gasteiger partial charge in [0.05, 0.1) is 0 Å². The van der Waals surface area contributed by atoms with E-state index in [1.807, 2.05) is 30.3 Å². The van der Waals surface area contributed by atoms with Gasteiger partial charge in [-0.3, -0.25) is 4.79 Å². The van der Waals surface area contributed by atoms with Crippen molar-refractivity contribution < 1.29 is 14.3 Å². The molecule has 0 spiro atoms. The topological polar surface area (TPSA) is 55.4 Å². The second-order valence-electron chi connectivity index (χ2n) is 8.49. The Balaban J connectivity index is 1.33. The van der Waals surface area contributed by atoms with Gasteiger partial charge >= 0.3 is 5.97 Å². The minimum atomic E-state index is -0.593. The second-order valence-corrected chi connectivity index (χ2v) is 8.49. The molecule has 5 rings (SSSR count). The van der Waals surface area contributed by atoms with Crippen molar-refractivity contribution in [2.75, 3.05) is 0 Å². The van der Waals surface area contributed by atoms with Crippen LogP contribution in [0, 0.1) is 23.2 Å². The molecular weight excluding hydrogens is 314 g/mol. The standard InChI is InChI=1S/C21H27NO3/c1-14(19(23)25-13-15-5-3-2-4-6-15)22-20(24)21-10-16-7-17(11-21)9-18(8-16)12-21/h2-6,14,16-18H,7-13H2,1H3,(H,22,24)/t14-,16?,17?,18?,21?/m0/s1. The summed E-state index contributed by atoms with van der Waals surface area (Å²) in [5.74, 6) is 1.88. The molecule has 4 fully saturated rings. The molecule has 0 unspecified atom stereocenters. The van der Waals surface area contributed by atoms with E-state index in [1.165, 1.54) is 19.3 Å². The number of nitrogens with one attached hydrogen (secondary N) is 1. The van der Waals surface area contributed by atoms with Crippen LogP contribution in [0.2, 0.25) is 0 Å². The van der Waals surface area contributed by atoms with Gasteiger partial charge in [0, 0.05) is 5.41 Å². The smallest absolute Gasteiger partial charge is 0.328 e. The maximum absolute atomic E-state index is 13.0. The molecule has 134 valence electrons. The predicted octanol–water partition coefficient (Wildman–Crippen LogP) is 3.45. The van der Waals surface area contributed by atoms with E-state index in [0.29, 0.717) is 0 Å². The second kappa shape index (κ2) is 6.47. The largest absolute Gasteiger partial charge is 0.459 e. The number of amides is 1. The van der Waals surface area contributed by atoms with Crippen LogP contribution in [0.5, 0.6) is 0 Å². The van der Waals surface area contributed by atoms with Gasteiger partial charge in [0.25, 0.3) is 0 Å². The summed E-state index contributed by atoms with van der Waals surface area (Å²) in [6, 6.07) is 9.02. The van der Waals surface area contributed by atoms with Crippen LogP contribution in [0.3, 0.4) is 0 Å². The zero-order chi connectivity index (χ0) is 17.4. The highest BCUT2D eigenvalue weighted by atomic mass is 16.5. The Labute approximate surface area is 149 Å².